The van der Waals surface area contributed by atoms with Crippen LogP contribution in [0.5, 0.6) is 0 Å². The molecule has 4 saturated carbocycles. The van der Waals surface area contributed by atoms with Gasteiger partial charge in [0.05, 0.1) is 5.69 Å². The Bertz CT molecular complexity index is 448. The number of hydrogen-bond acceptors (Lipinski definition) is 2. The van der Waals surface area contributed by atoms with E-state index < -0.39 is 0 Å². The summed E-state index contributed by atoms with van der Waals surface area (Å²) in [5.41, 5.74) is 6.92. The first-order valence-electron chi connectivity index (χ1n) is 7.94. The fourth-order valence-corrected chi connectivity index (χ4v) is 5.45. The Balaban J connectivity index is 1.55. The van der Waals surface area contributed by atoms with Crippen molar-refractivity contribution in [3.63, 3.8) is 0 Å². The van der Waals surface area contributed by atoms with E-state index in [0.29, 0.717) is 6.54 Å². The third-order valence-electron chi connectivity index (χ3n) is 6.23. The lowest BCUT2D eigenvalue weighted by Crippen LogP contribution is -2.46. The maximum absolute atomic E-state index is 5.75. The summed E-state index contributed by atoms with van der Waals surface area (Å²) >= 11 is 0. The number of aromatic nitrogens is 2. The summed E-state index contributed by atoms with van der Waals surface area (Å²) in [5.74, 6) is 6.29. The van der Waals surface area contributed by atoms with Gasteiger partial charge in [-0.05, 0) is 61.7 Å². The molecule has 0 atom stereocenters. The van der Waals surface area contributed by atoms with Gasteiger partial charge in [-0.15, -0.1) is 0 Å². The number of nitrogens with zero attached hydrogens (tertiary/aromatic N) is 2. The highest BCUT2D eigenvalue weighted by atomic mass is 15.1. The summed E-state index contributed by atoms with van der Waals surface area (Å²) in [7, 11) is 2.13. The Morgan fingerprint density at radius 2 is 1.79 bits per heavy atom. The van der Waals surface area contributed by atoms with Crippen LogP contribution in [0.15, 0.2) is 6.20 Å². The highest BCUT2D eigenvalue weighted by molar-refractivity contribution is 5.08. The molecule has 0 spiro atoms. The number of rotatable bonds is 3. The Kier molecular flexibility index (Phi) is 2.73. The average molecular weight is 259 g/mol. The molecule has 0 unspecified atom stereocenters. The molecule has 0 amide bonds. The topological polar surface area (TPSA) is 43.8 Å². The van der Waals surface area contributed by atoms with Crippen molar-refractivity contribution < 1.29 is 0 Å². The zero-order valence-electron chi connectivity index (χ0n) is 11.9. The third kappa shape index (κ3) is 1.85. The fraction of sp³-hybridized carbons (Fsp3) is 0.812. The van der Waals surface area contributed by atoms with Crippen LogP contribution in [0.25, 0.3) is 0 Å². The Morgan fingerprint density at radius 1 is 1.16 bits per heavy atom. The molecule has 4 aliphatic carbocycles. The molecule has 4 fully saturated rings. The van der Waals surface area contributed by atoms with Gasteiger partial charge in [0.1, 0.15) is 5.82 Å². The second kappa shape index (κ2) is 4.34. The van der Waals surface area contributed by atoms with Crippen molar-refractivity contribution in [3.8, 4) is 0 Å². The number of nitrogens with two attached hydrogens (primary N) is 1. The molecular formula is C16H25N3. The lowest BCUT2D eigenvalue weighted by molar-refractivity contribution is -0.0369. The minimum atomic E-state index is 0.602. The smallest absolute Gasteiger partial charge is 0.108 e. The van der Waals surface area contributed by atoms with Crippen LogP contribution in [0.1, 0.15) is 43.6 Å². The number of hydrogen-bond donors (Lipinski definition) is 1. The molecule has 1 aromatic heterocycles. The predicted molar refractivity (Wildman–Crippen MR) is 75.3 cm³/mol. The largest absolute Gasteiger partial charge is 0.334 e. The van der Waals surface area contributed by atoms with Crippen LogP contribution in [-0.2, 0) is 20.0 Å². The second-order valence-corrected chi connectivity index (χ2v) is 7.23. The first-order chi connectivity index (χ1) is 9.24. The van der Waals surface area contributed by atoms with Crippen molar-refractivity contribution in [1.82, 2.24) is 9.55 Å². The van der Waals surface area contributed by atoms with Crippen LogP contribution in [-0.4, -0.2) is 9.55 Å². The standard InChI is InChI=1S/C16H25N3/c1-19-14(8-17)9-18-16(19)7-15-12-3-10-2-11(5-12)6-13(15)4-10/h9-13,15H,2-8,17H2,1H3. The SMILES string of the molecule is Cn1c(CN)cnc1CC1C2CC3CC(C2)CC1C3. The normalized spacial score (nSPS) is 40.0. The average Bonchev–Trinajstić information content (AvgIpc) is 2.74. The van der Waals surface area contributed by atoms with E-state index in [0.717, 1.165) is 29.6 Å². The van der Waals surface area contributed by atoms with Crippen molar-refractivity contribution in [3.05, 3.63) is 17.7 Å². The van der Waals surface area contributed by atoms with E-state index in [1.807, 2.05) is 6.20 Å². The van der Waals surface area contributed by atoms with E-state index in [-0.39, 0.29) is 0 Å². The van der Waals surface area contributed by atoms with Crippen molar-refractivity contribution >= 4 is 0 Å². The summed E-state index contributed by atoms with van der Waals surface area (Å²) in [5, 5.41) is 0. The van der Waals surface area contributed by atoms with Crippen molar-refractivity contribution in [1.29, 1.82) is 0 Å². The van der Waals surface area contributed by atoms with Gasteiger partial charge in [0, 0.05) is 26.2 Å². The molecule has 0 radical (unpaired) electrons. The van der Waals surface area contributed by atoms with Crippen LogP contribution in [0, 0.1) is 29.6 Å². The third-order valence-corrected chi connectivity index (χ3v) is 6.23. The van der Waals surface area contributed by atoms with Gasteiger partial charge in [0.15, 0.2) is 0 Å². The quantitative estimate of drug-likeness (QED) is 0.906. The molecule has 2 N–H and O–H groups in total. The molecule has 1 heterocycles. The molecule has 104 valence electrons. The van der Waals surface area contributed by atoms with Gasteiger partial charge >= 0.3 is 0 Å². The highest BCUT2D eigenvalue weighted by Crippen LogP contribution is 2.57. The molecule has 0 aliphatic heterocycles. The van der Waals surface area contributed by atoms with Crippen LogP contribution in [0.3, 0.4) is 0 Å². The predicted octanol–water partition coefficient (Wildman–Crippen LogP) is 2.49. The summed E-state index contributed by atoms with van der Waals surface area (Å²) in [4.78, 5) is 4.62. The van der Waals surface area contributed by atoms with Crippen LogP contribution in [0.4, 0.5) is 0 Å². The second-order valence-electron chi connectivity index (χ2n) is 7.23. The molecule has 3 heteroatoms. The summed E-state index contributed by atoms with van der Waals surface area (Å²) in [6, 6.07) is 0. The van der Waals surface area contributed by atoms with Crippen molar-refractivity contribution in [2.24, 2.45) is 42.4 Å². The summed E-state index contributed by atoms with van der Waals surface area (Å²) in [6.45, 7) is 0.602. The van der Waals surface area contributed by atoms with E-state index in [1.54, 1.807) is 6.42 Å². The molecular weight excluding hydrogens is 234 g/mol. The van der Waals surface area contributed by atoms with E-state index in [9.17, 15) is 0 Å². The lowest BCUT2D eigenvalue weighted by atomic mass is 9.51. The zero-order valence-corrected chi connectivity index (χ0v) is 11.9. The maximum Gasteiger partial charge on any atom is 0.108 e. The molecule has 4 bridgehead atoms. The van der Waals surface area contributed by atoms with Gasteiger partial charge < -0.3 is 10.3 Å². The van der Waals surface area contributed by atoms with E-state index in [4.69, 9.17) is 5.73 Å². The van der Waals surface area contributed by atoms with Crippen LogP contribution < -0.4 is 5.73 Å². The monoisotopic (exact) mass is 259 g/mol. The summed E-state index contributed by atoms with van der Waals surface area (Å²) < 4.78 is 2.23. The van der Waals surface area contributed by atoms with Gasteiger partial charge in [-0.25, -0.2) is 4.98 Å². The van der Waals surface area contributed by atoms with Gasteiger partial charge in [-0.2, -0.15) is 0 Å². The lowest BCUT2D eigenvalue weighted by Gasteiger charge is -2.54. The van der Waals surface area contributed by atoms with Crippen molar-refractivity contribution in [2.45, 2.75) is 45.1 Å². The molecule has 19 heavy (non-hydrogen) atoms. The van der Waals surface area contributed by atoms with Gasteiger partial charge in [-0.1, -0.05) is 0 Å². The Labute approximate surface area is 115 Å². The first-order valence-corrected chi connectivity index (χ1v) is 7.94. The highest BCUT2D eigenvalue weighted by Gasteiger charge is 2.48. The molecule has 0 aromatic carbocycles. The first kappa shape index (κ1) is 12.0. The van der Waals surface area contributed by atoms with Crippen molar-refractivity contribution in [2.75, 3.05) is 0 Å². The molecule has 3 nitrogen and oxygen atoms in total. The molecule has 5 rings (SSSR count). The molecule has 4 aliphatic rings. The molecule has 0 saturated heterocycles. The van der Waals surface area contributed by atoms with E-state index in [1.165, 1.54) is 43.6 Å². The van der Waals surface area contributed by atoms with Gasteiger partial charge in [-0.3, -0.25) is 0 Å². The maximum atomic E-state index is 5.75. The number of imidazole rings is 1. The van der Waals surface area contributed by atoms with Gasteiger partial charge in [0.2, 0.25) is 0 Å². The molecule has 1 aromatic rings. The Morgan fingerprint density at radius 3 is 2.32 bits per heavy atom. The minimum absolute atomic E-state index is 0.602. The van der Waals surface area contributed by atoms with Crippen LogP contribution >= 0.6 is 0 Å². The fourth-order valence-electron chi connectivity index (χ4n) is 5.45. The van der Waals surface area contributed by atoms with Gasteiger partial charge in [0.25, 0.3) is 0 Å². The zero-order chi connectivity index (χ0) is 13.0. The van der Waals surface area contributed by atoms with E-state index in [2.05, 4.69) is 16.6 Å². The van der Waals surface area contributed by atoms with E-state index >= 15 is 0 Å². The Hall–Kier alpha value is -0.830. The minimum Gasteiger partial charge on any atom is -0.334 e. The van der Waals surface area contributed by atoms with Crippen LogP contribution in [0.2, 0.25) is 0 Å². The summed E-state index contributed by atoms with van der Waals surface area (Å²) in [6.07, 6.45) is 10.7.